The van der Waals surface area contributed by atoms with Crippen molar-refractivity contribution >= 4 is 35.2 Å². The Morgan fingerprint density at radius 1 is 0.712 bits per heavy atom. The molecule has 4 aromatic carbocycles. The molecule has 7 rings (SSSR count). The van der Waals surface area contributed by atoms with Gasteiger partial charge < -0.3 is 14.4 Å². The maximum atomic E-state index is 6.23. The van der Waals surface area contributed by atoms with Crippen molar-refractivity contribution in [3.05, 3.63) is 149 Å². The van der Waals surface area contributed by atoms with Crippen LogP contribution in [-0.2, 0) is 25.5 Å². The molecule has 7 aromatic rings. The number of rotatable bonds is 7. The second kappa shape index (κ2) is 15.8. The number of nitrogens with zero attached hydrogens (tertiary/aromatic N) is 2. The molecule has 0 saturated heterocycles. The van der Waals surface area contributed by atoms with Crippen LogP contribution in [0.2, 0.25) is 19.6 Å². The van der Waals surface area contributed by atoms with Crippen LogP contribution in [0, 0.1) is 19.1 Å². The van der Waals surface area contributed by atoms with Crippen LogP contribution in [0.5, 0.6) is 0 Å². The third-order valence-electron chi connectivity index (χ3n) is 9.93. The molecule has 0 aliphatic rings. The summed E-state index contributed by atoms with van der Waals surface area (Å²) in [6.45, 7) is 22.7. The third-order valence-corrected chi connectivity index (χ3v) is 12.0. The Hall–Kier alpha value is -4.15. The molecule has 0 atom stereocenters. The van der Waals surface area contributed by atoms with Gasteiger partial charge in [-0.3, -0.25) is 0 Å². The van der Waals surface area contributed by atoms with E-state index in [9.17, 15) is 0 Å². The van der Waals surface area contributed by atoms with Gasteiger partial charge in [0.1, 0.15) is 5.58 Å². The van der Waals surface area contributed by atoms with Gasteiger partial charge in [-0.1, -0.05) is 139 Å². The average molecular weight is 879 g/mol. The van der Waals surface area contributed by atoms with Gasteiger partial charge in [-0.2, -0.15) is 0 Å². The number of furan rings is 1. The monoisotopic (exact) mass is 879 g/mol. The van der Waals surface area contributed by atoms with E-state index in [-0.39, 0.29) is 25.5 Å². The fraction of sp³-hybridized carbons (Fsp3) is 0.277. The molecule has 0 bridgehead atoms. The van der Waals surface area contributed by atoms with Crippen LogP contribution in [0.15, 0.2) is 114 Å². The molecular formula is C47H50IrN2OSi-2. The summed E-state index contributed by atoms with van der Waals surface area (Å²) in [7, 11) is -1.35. The van der Waals surface area contributed by atoms with Crippen molar-refractivity contribution in [3.8, 4) is 22.5 Å². The van der Waals surface area contributed by atoms with Gasteiger partial charge in [0.15, 0.2) is 0 Å². The standard InChI is InChI=1S/C29H26NO.C18H24NSi.Ir/c1-19(2)20-15-16-30-25(18-20)21-13-14-26-23(17-21)28-24(11-8-12-27(28)31-26)29(3,4)22-9-6-5-7-10-22;1-13(2)16-11-17(15-9-7-14(3)8-10-15)19-12-18(16)20(4,5)6;/h5-12,14-19H,1-4H3;7-9,11-13H,1-6H3;/q2*-1;. The summed E-state index contributed by atoms with van der Waals surface area (Å²) in [6, 6.07) is 40.6. The van der Waals surface area contributed by atoms with Crippen molar-refractivity contribution in [2.75, 3.05) is 0 Å². The number of hydrogen-bond donors (Lipinski definition) is 0. The number of benzene rings is 4. The first kappa shape index (κ1) is 39.1. The molecular weight excluding hydrogens is 829 g/mol. The number of aromatic nitrogens is 2. The Bertz CT molecular complexity index is 2280. The van der Waals surface area contributed by atoms with Crippen molar-refractivity contribution in [3.63, 3.8) is 0 Å². The molecule has 0 aliphatic carbocycles. The molecule has 269 valence electrons. The van der Waals surface area contributed by atoms with E-state index in [1.54, 1.807) is 0 Å². The quantitative estimate of drug-likeness (QED) is 0.118. The van der Waals surface area contributed by atoms with Crippen LogP contribution in [0.1, 0.15) is 81.2 Å². The zero-order valence-electron chi connectivity index (χ0n) is 32.2. The molecule has 0 fully saturated rings. The molecule has 3 nitrogen and oxygen atoms in total. The fourth-order valence-electron chi connectivity index (χ4n) is 6.79. The zero-order chi connectivity index (χ0) is 36.5. The Morgan fingerprint density at radius 3 is 2.08 bits per heavy atom. The number of aryl methyl sites for hydroxylation is 1. The van der Waals surface area contributed by atoms with Gasteiger partial charge in [0.2, 0.25) is 0 Å². The largest absolute Gasteiger partial charge is 0.500 e. The van der Waals surface area contributed by atoms with Crippen LogP contribution >= 0.6 is 0 Å². The van der Waals surface area contributed by atoms with Crippen LogP contribution in [0.4, 0.5) is 0 Å². The van der Waals surface area contributed by atoms with Crippen LogP contribution in [0.3, 0.4) is 0 Å². The van der Waals surface area contributed by atoms with E-state index in [4.69, 9.17) is 9.40 Å². The first-order chi connectivity index (χ1) is 24.2. The molecule has 5 heteroatoms. The fourth-order valence-corrected chi connectivity index (χ4v) is 8.47. The van der Waals surface area contributed by atoms with E-state index in [0.29, 0.717) is 11.8 Å². The Labute approximate surface area is 325 Å². The summed E-state index contributed by atoms with van der Waals surface area (Å²) in [5.41, 5.74) is 12.2. The molecule has 0 amide bonds. The SMILES string of the molecule is CC(C)c1ccnc(-c2[c-]cc3oc4cccc(C(C)(C)c5ccccc5)c4c3c2)c1.Cc1c[c-]c(-c2cc(C(C)C)c([Si](C)(C)C)cn2)cc1.[Ir]. The van der Waals surface area contributed by atoms with Crippen molar-refractivity contribution in [2.24, 2.45) is 0 Å². The molecule has 3 heterocycles. The van der Waals surface area contributed by atoms with Gasteiger partial charge in [-0.15, -0.1) is 59.2 Å². The smallest absolute Gasteiger partial charge is 0.121 e. The van der Waals surface area contributed by atoms with E-state index < -0.39 is 8.07 Å². The molecule has 1 radical (unpaired) electrons. The normalized spacial score (nSPS) is 11.8. The van der Waals surface area contributed by atoms with Crippen molar-refractivity contribution in [1.29, 1.82) is 0 Å². The van der Waals surface area contributed by atoms with Gasteiger partial charge in [0.05, 0.1) is 13.7 Å². The first-order valence-corrected chi connectivity index (χ1v) is 21.6. The Morgan fingerprint density at radius 2 is 1.42 bits per heavy atom. The summed E-state index contributed by atoms with van der Waals surface area (Å²) in [6.07, 6.45) is 3.99. The Kier molecular flexibility index (Phi) is 11.9. The second-order valence-electron chi connectivity index (χ2n) is 15.9. The minimum Gasteiger partial charge on any atom is -0.500 e. The van der Waals surface area contributed by atoms with Crippen LogP contribution < -0.4 is 5.19 Å². The molecule has 0 spiro atoms. The molecule has 0 unspecified atom stereocenters. The summed E-state index contributed by atoms with van der Waals surface area (Å²) in [4.78, 5) is 9.31. The maximum absolute atomic E-state index is 6.23. The van der Waals surface area contributed by atoms with E-state index in [1.165, 1.54) is 38.4 Å². The third kappa shape index (κ3) is 8.23. The molecule has 0 aliphatic heterocycles. The van der Waals surface area contributed by atoms with Crippen LogP contribution in [-0.4, -0.2) is 18.0 Å². The predicted octanol–water partition coefficient (Wildman–Crippen LogP) is 12.4. The summed E-state index contributed by atoms with van der Waals surface area (Å²) in [5.74, 6) is 0.988. The Balaban J connectivity index is 0.000000217. The van der Waals surface area contributed by atoms with Crippen molar-refractivity contribution < 1.29 is 24.5 Å². The van der Waals surface area contributed by atoms with E-state index in [2.05, 4.69) is 176 Å². The number of hydrogen-bond acceptors (Lipinski definition) is 3. The minimum absolute atomic E-state index is 0. The molecule has 0 N–H and O–H groups in total. The molecule has 52 heavy (non-hydrogen) atoms. The van der Waals surface area contributed by atoms with E-state index in [0.717, 1.165) is 39.1 Å². The maximum Gasteiger partial charge on any atom is 0.121 e. The van der Waals surface area contributed by atoms with Gasteiger partial charge in [-0.25, -0.2) is 0 Å². The number of pyridine rings is 2. The van der Waals surface area contributed by atoms with Gasteiger partial charge in [-0.05, 0) is 51.7 Å². The van der Waals surface area contributed by atoms with Crippen molar-refractivity contribution in [2.45, 2.75) is 85.4 Å². The predicted molar refractivity (Wildman–Crippen MR) is 219 cm³/mol. The van der Waals surface area contributed by atoms with Gasteiger partial charge in [0, 0.05) is 43.3 Å². The van der Waals surface area contributed by atoms with E-state index in [1.807, 2.05) is 18.3 Å². The minimum atomic E-state index is -1.35. The van der Waals surface area contributed by atoms with Crippen molar-refractivity contribution in [1.82, 2.24) is 9.97 Å². The summed E-state index contributed by atoms with van der Waals surface area (Å²) < 4.78 is 6.23. The van der Waals surface area contributed by atoms with Gasteiger partial charge in [0.25, 0.3) is 0 Å². The van der Waals surface area contributed by atoms with E-state index >= 15 is 0 Å². The molecule has 3 aromatic heterocycles. The zero-order valence-corrected chi connectivity index (χ0v) is 35.6. The number of fused-ring (bicyclic) bond motifs is 3. The summed E-state index contributed by atoms with van der Waals surface area (Å²) in [5, 5.41) is 3.75. The van der Waals surface area contributed by atoms with Crippen LogP contribution in [0.25, 0.3) is 44.5 Å². The first-order valence-electron chi connectivity index (χ1n) is 18.1. The summed E-state index contributed by atoms with van der Waals surface area (Å²) >= 11 is 0. The topological polar surface area (TPSA) is 38.9 Å². The average Bonchev–Trinajstić information content (AvgIpc) is 3.50. The van der Waals surface area contributed by atoms with Gasteiger partial charge >= 0.3 is 0 Å². The second-order valence-corrected chi connectivity index (χ2v) is 20.9. The molecule has 0 saturated carbocycles.